The average Bonchev–Trinajstić information content (AvgIpc) is 3.62. The maximum absolute atomic E-state index is 13.4. The second-order valence-corrected chi connectivity index (χ2v) is 9.38. The molecule has 39 heavy (non-hydrogen) atoms. The molecular weight excluding hydrogens is 516 g/mol. The lowest BCUT2D eigenvalue weighted by atomic mass is 10.5. The fourth-order valence-electron chi connectivity index (χ4n) is 5.17. The Balaban J connectivity index is 2.02. The van der Waals surface area contributed by atoms with Crippen LogP contribution in [0.2, 0.25) is 0 Å². The van der Waals surface area contributed by atoms with Crippen molar-refractivity contribution in [2.24, 2.45) is 42.3 Å². The Bertz CT molecular complexity index is 2370. The van der Waals surface area contributed by atoms with Crippen molar-refractivity contribution in [2.45, 2.75) is 0 Å². The Labute approximate surface area is 211 Å². The van der Waals surface area contributed by atoms with E-state index >= 15 is 0 Å². The van der Waals surface area contributed by atoms with Crippen molar-refractivity contribution in [2.75, 3.05) is 0 Å². The normalized spacial score (nSPS) is 12.5. The van der Waals surface area contributed by atoms with Gasteiger partial charge in [-0.2, -0.15) is 15.0 Å². The van der Waals surface area contributed by atoms with Gasteiger partial charge in [0.2, 0.25) is 17.3 Å². The summed E-state index contributed by atoms with van der Waals surface area (Å²) >= 11 is 0. The van der Waals surface area contributed by atoms with Gasteiger partial charge in [0.25, 0.3) is 16.7 Å². The summed E-state index contributed by atoms with van der Waals surface area (Å²) in [5, 5.41) is 0. The number of hydrogen-bond acceptors (Lipinski definition) is 9. The molecule has 0 saturated heterocycles. The van der Waals surface area contributed by atoms with E-state index in [1.807, 2.05) is 0 Å². The van der Waals surface area contributed by atoms with Gasteiger partial charge in [0.15, 0.2) is 33.5 Å². The van der Waals surface area contributed by atoms with Crippen LogP contribution in [0.5, 0.6) is 0 Å². The highest BCUT2D eigenvalue weighted by atomic mass is 16.2. The Morgan fingerprint density at radius 3 is 0.846 bits per heavy atom. The number of aromatic nitrogens is 12. The minimum atomic E-state index is -0.708. The van der Waals surface area contributed by atoms with Gasteiger partial charge in [-0.05, 0) is 0 Å². The summed E-state index contributed by atoms with van der Waals surface area (Å²) in [5.41, 5.74) is -4.29. The molecule has 0 aliphatic rings. The third kappa shape index (κ3) is 2.30. The third-order valence-corrected chi connectivity index (χ3v) is 7.32. The maximum atomic E-state index is 13.4. The van der Waals surface area contributed by atoms with Gasteiger partial charge < -0.3 is 0 Å². The molecule has 0 unspecified atom stereocenters. The lowest BCUT2D eigenvalue weighted by Crippen LogP contribution is -2.37. The molecule has 0 aliphatic carbocycles. The number of imidazole rings is 3. The molecule has 18 heteroatoms. The van der Waals surface area contributed by atoms with Crippen molar-refractivity contribution in [3.8, 4) is 0 Å². The Hall–Kier alpha value is -5.55. The predicted octanol–water partition coefficient (Wildman–Crippen LogP) is -3.72. The molecule has 0 saturated carbocycles. The van der Waals surface area contributed by atoms with E-state index in [2.05, 4.69) is 15.0 Å². The van der Waals surface area contributed by atoms with Crippen molar-refractivity contribution >= 4 is 50.8 Å². The zero-order valence-electron chi connectivity index (χ0n) is 21.3. The van der Waals surface area contributed by atoms with Crippen molar-refractivity contribution in [1.29, 1.82) is 0 Å². The second-order valence-electron chi connectivity index (χ2n) is 9.38. The van der Waals surface area contributed by atoms with Gasteiger partial charge in [-0.15, -0.1) is 0 Å². The van der Waals surface area contributed by atoms with Gasteiger partial charge in [0.1, 0.15) is 0 Å². The highest BCUT2D eigenvalue weighted by Gasteiger charge is 2.28. The standard InChI is InChI=1S/C21H18N12O6/c1-25-10-7(13(34)28(4)19(25)37)31-16(22-10)32-8-11(26(2)20(38)29(5)14(8)35)24-18(32)33-9-12(23-17(31)33)27(3)21(39)30(6)15(9)36/h1-6H3. The zero-order valence-corrected chi connectivity index (χ0v) is 21.3. The first kappa shape index (κ1) is 22.6. The number of fused-ring (bicyclic) bond motifs is 12. The van der Waals surface area contributed by atoms with Gasteiger partial charge in [-0.25, -0.2) is 27.6 Å². The molecule has 7 rings (SSSR count). The molecule has 18 nitrogen and oxygen atoms in total. The number of aryl methyl sites for hydroxylation is 3. The quantitative estimate of drug-likeness (QED) is 0.189. The Kier molecular flexibility index (Phi) is 3.86. The monoisotopic (exact) mass is 534 g/mol. The van der Waals surface area contributed by atoms with E-state index in [9.17, 15) is 28.8 Å². The van der Waals surface area contributed by atoms with Crippen LogP contribution in [-0.2, 0) is 42.3 Å². The lowest BCUT2D eigenvalue weighted by molar-refractivity contribution is 0.708. The van der Waals surface area contributed by atoms with Gasteiger partial charge in [0.05, 0.1) is 0 Å². The van der Waals surface area contributed by atoms with Gasteiger partial charge >= 0.3 is 17.1 Å². The summed E-state index contributed by atoms with van der Waals surface area (Å²) in [5.74, 6) is -0.0801. The van der Waals surface area contributed by atoms with Crippen LogP contribution in [0.15, 0.2) is 28.8 Å². The lowest BCUT2D eigenvalue weighted by Gasteiger charge is -2.06. The van der Waals surface area contributed by atoms with Crippen LogP contribution in [-0.4, -0.2) is 55.6 Å². The highest BCUT2D eigenvalue weighted by molar-refractivity contribution is 5.88. The van der Waals surface area contributed by atoms with Crippen LogP contribution in [0.25, 0.3) is 50.8 Å². The van der Waals surface area contributed by atoms with Crippen molar-refractivity contribution < 1.29 is 0 Å². The molecule has 198 valence electrons. The molecule has 0 bridgehead atoms. The van der Waals surface area contributed by atoms with E-state index in [1.165, 1.54) is 55.5 Å². The van der Waals surface area contributed by atoms with Crippen LogP contribution >= 0.6 is 0 Å². The Morgan fingerprint density at radius 1 is 0.385 bits per heavy atom. The van der Waals surface area contributed by atoms with E-state index < -0.39 is 33.7 Å². The fraction of sp³-hybridized carbons (Fsp3) is 0.286. The van der Waals surface area contributed by atoms with Crippen LogP contribution in [0.1, 0.15) is 0 Å². The number of hydrogen-bond donors (Lipinski definition) is 0. The van der Waals surface area contributed by atoms with Crippen molar-refractivity contribution in [3.63, 3.8) is 0 Å². The minimum Gasteiger partial charge on any atom is -0.279 e. The molecule has 0 amide bonds. The first-order chi connectivity index (χ1) is 18.4. The number of nitrogens with zero attached hydrogens (tertiary/aromatic N) is 12. The highest BCUT2D eigenvalue weighted by Crippen LogP contribution is 2.24. The molecule has 0 fully saturated rings. The van der Waals surface area contributed by atoms with Crippen LogP contribution < -0.4 is 33.7 Å². The molecule has 0 atom stereocenters. The largest absolute Gasteiger partial charge is 0.332 e. The van der Waals surface area contributed by atoms with E-state index in [1.54, 1.807) is 0 Å². The first-order valence-corrected chi connectivity index (χ1v) is 11.4. The summed E-state index contributed by atoms with van der Waals surface area (Å²) in [6, 6.07) is 0. The molecule has 0 spiro atoms. The fourth-order valence-corrected chi connectivity index (χ4v) is 5.17. The zero-order chi connectivity index (χ0) is 28.0. The maximum Gasteiger partial charge on any atom is 0.332 e. The summed E-state index contributed by atoms with van der Waals surface area (Å²) in [6.07, 6.45) is 0. The first-order valence-electron chi connectivity index (χ1n) is 11.4. The van der Waals surface area contributed by atoms with Gasteiger partial charge in [-0.3, -0.25) is 41.8 Å². The van der Waals surface area contributed by atoms with Gasteiger partial charge in [-0.1, -0.05) is 0 Å². The van der Waals surface area contributed by atoms with E-state index in [-0.39, 0.29) is 50.8 Å². The molecule has 7 aromatic rings. The minimum absolute atomic E-state index is 0.0187. The van der Waals surface area contributed by atoms with E-state index in [4.69, 9.17) is 0 Å². The molecular formula is C21H18N12O6. The molecule has 0 radical (unpaired) electrons. The second kappa shape index (κ2) is 6.65. The smallest absolute Gasteiger partial charge is 0.279 e. The van der Waals surface area contributed by atoms with Crippen LogP contribution in [0.3, 0.4) is 0 Å². The van der Waals surface area contributed by atoms with Crippen LogP contribution in [0.4, 0.5) is 0 Å². The topological polar surface area (TPSA) is 184 Å². The van der Waals surface area contributed by atoms with Crippen molar-refractivity contribution in [1.82, 2.24) is 55.6 Å². The summed E-state index contributed by atoms with van der Waals surface area (Å²) < 4.78 is 10.1. The predicted molar refractivity (Wildman–Crippen MR) is 137 cm³/mol. The molecule has 0 N–H and O–H groups in total. The molecule has 0 aliphatic heterocycles. The molecule has 0 aromatic carbocycles. The van der Waals surface area contributed by atoms with E-state index in [0.29, 0.717) is 0 Å². The number of rotatable bonds is 0. The van der Waals surface area contributed by atoms with Gasteiger partial charge in [0, 0.05) is 42.3 Å². The Morgan fingerprint density at radius 2 is 0.615 bits per heavy atom. The third-order valence-electron chi connectivity index (χ3n) is 7.32. The summed E-state index contributed by atoms with van der Waals surface area (Å²) in [7, 11) is 8.21. The average molecular weight is 534 g/mol. The van der Waals surface area contributed by atoms with E-state index in [0.717, 1.165) is 27.4 Å². The summed E-state index contributed by atoms with van der Waals surface area (Å²) in [4.78, 5) is 92.1. The molecule has 7 aromatic heterocycles. The SMILES string of the molecule is Cn1c(=O)c2c(nc3n2c2nc4c(c(=O)n(C)c(=O)n4C)n2c2nc4c(c(=O)n(C)c(=O)n4C)n32)n(C)c1=O. The van der Waals surface area contributed by atoms with Crippen LogP contribution in [0, 0.1) is 0 Å². The molecule has 7 heterocycles. The summed E-state index contributed by atoms with van der Waals surface area (Å²) in [6.45, 7) is 0. The van der Waals surface area contributed by atoms with Crippen molar-refractivity contribution in [3.05, 3.63) is 62.5 Å².